The van der Waals surface area contributed by atoms with Crippen molar-refractivity contribution in [1.29, 1.82) is 0 Å². The van der Waals surface area contributed by atoms with Crippen molar-refractivity contribution in [3.8, 4) is 5.75 Å². The van der Waals surface area contributed by atoms with E-state index in [1.807, 2.05) is 39.0 Å². The molecule has 1 unspecified atom stereocenters. The monoisotopic (exact) mass is 371 g/mol. The highest BCUT2D eigenvalue weighted by Gasteiger charge is 2.43. The largest absolute Gasteiger partial charge is 0.497 e. The third kappa shape index (κ3) is 3.61. The number of ether oxygens (including phenoxy) is 1. The first-order valence-corrected chi connectivity index (χ1v) is 9.35. The Balaban J connectivity index is 0.000000160. The van der Waals surface area contributed by atoms with Crippen LogP contribution >= 0.6 is 9.24 Å². The van der Waals surface area contributed by atoms with Crippen LogP contribution in [0.5, 0.6) is 5.75 Å². The van der Waals surface area contributed by atoms with Gasteiger partial charge in [-0.3, -0.25) is 9.59 Å². The number of ketones is 2. The zero-order chi connectivity index (χ0) is 18.3. The van der Waals surface area contributed by atoms with E-state index in [1.165, 1.54) is 6.08 Å². The van der Waals surface area contributed by atoms with Gasteiger partial charge in [-0.2, -0.15) is 0 Å². The molecule has 0 aromatic heterocycles. The number of allylic oxidation sites excluding steroid dienone is 1. The topological polar surface area (TPSA) is 52.4 Å². The lowest BCUT2D eigenvalue weighted by atomic mass is 10.0. The van der Waals surface area contributed by atoms with Crippen molar-refractivity contribution in [2.75, 3.05) is 46.4 Å². The third-order valence-corrected chi connectivity index (χ3v) is 4.94. The Morgan fingerprint density at radius 3 is 2.04 bits per heavy atom. The lowest BCUT2D eigenvalue weighted by molar-refractivity contribution is -0.117. The van der Waals surface area contributed by atoms with Gasteiger partial charge in [0.25, 0.3) is 0 Å². The van der Waals surface area contributed by atoms with E-state index < -0.39 is 0 Å². The Kier molecular flexibility index (Phi) is 4.45. The Hall–Kier alpha value is -2.33. The number of rotatable bonds is 4. The number of hydrogen-bond donors (Lipinski definition) is 0. The molecule has 26 heavy (non-hydrogen) atoms. The van der Waals surface area contributed by atoms with Gasteiger partial charge in [0.2, 0.25) is 11.6 Å². The van der Waals surface area contributed by atoms with Crippen LogP contribution in [-0.2, 0) is 9.59 Å². The average Bonchev–Trinajstić information content (AvgIpc) is 3.49. The lowest BCUT2D eigenvalue weighted by Gasteiger charge is -2.21. The lowest BCUT2D eigenvalue weighted by Crippen LogP contribution is -2.29. The van der Waals surface area contributed by atoms with E-state index in [1.54, 1.807) is 7.11 Å². The van der Waals surface area contributed by atoms with Gasteiger partial charge in [0.1, 0.15) is 17.1 Å². The van der Waals surface area contributed by atoms with Gasteiger partial charge in [-0.25, -0.2) is 0 Å². The summed E-state index contributed by atoms with van der Waals surface area (Å²) >= 11 is 0. The zero-order valence-electron chi connectivity index (χ0n) is 14.8. The fraction of sp³-hybridized carbons (Fsp3) is 0.368. The van der Waals surface area contributed by atoms with Gasteiger partial charge >= 0.3 is 0 Å². The van der Waals surface area contributed by atoms with Crippen molar-refractivity contribution in [2.24, 2.45) is 0 Å². The summed E-state index contributed by atoms with van der Waals surface area (Å²) in [5.41, 5.74) is 1.89. The predicted octanol–water partition coefficient (Wildman–Crippen LogP) is 0.376. The van der Waals surface area contributed by atoms with E-state index in [4.69, 9.17) is 4.74 Å². The smallest absolute Gasteiger partial charge is 0.227 e. The van der Waals surface area contributed by atoms with Crippen LogP contribution < -0.4 is 10.0 Å². The molecule has 1 aliphatic carbocycles. The number of nitrogens with zero attached hydrogens (tertiary/aromatic N) is 3. The van der Waals surface area contributed by atoms with Gasteiger partial charge in [0.05, 0.1) is 12.8 Å². The van der Waals surface area contributed by atoms with Gasteiger partial charge in [0.15, 0.2) is 0 Å². The highest BCUT2D eigenvalue weighted by molar-refractivity contribution is 7.27. The second-order valence-electron chi connectivity index (χ2n) is 6.66. The Bertz CT molecular complexity index is 821. The molecule has 0 amide bonds. The number of carbonyl (C=O) groups is 2. The van der Waals surface area contributed by atoms with Crippen LogP contribution in [-0.4, -0.2) is 72.6 Å². The minimum absolute atomic E-state index is 0.00546. The quantitative estimate of drug-likeness (QED) is 0.433. The SMILES string of the molecule is COc1cccc(P)c1.O=C1C=C(N2CC2)C(=O)C(N2CC2)=C1N1CC1. The van der Waals surface area contributed by atoms with Crippen LogP contribution in [0.4, 0.5) is 0 Å². The number of methoxy groups -OCH3 is 1. The highest BCUT2D eigenvalue weighted by atomic mass is 31.0. The summed E-state index contributed by atoms with van der Waals surface area (Å²) in [7, 11) is 4.28. The fourth-order valence-electron chi connectivity index (χ4n) is 2.92. The van der Waals surface area contributed by atoms with E-state index in [9.17, 15) is 9.59 Å². The first-order chi connectivity index (χ1) is 12.6. The summed E-state index contributed by atoms with van der Waals surface area (Å²) in [6, 6.07) is 7.85. The molecule has 7 heteroatoms. The van der Waals surface area contributed by atoms with Gasteiger partial charge in [0, 0.05) is 45.3 Å². The minimum atomic E-state index is 0.00546. The molecule has 3 aliphatic heterocycles. The molecule has 3 heterocycles. The molecule has 1 atom stereocenters. The molecule has 0 saturated carbocycles. The van der Waals surface area contributed by atoms with E-state index in [2.05, 4.69) is 9.24 Å². The fourth-order valence-corrected chi connectivity index (χ4v) is 3.19. The van der Waals surface area contributed by atoms with Crippen LogP contribution in [0.25, 0.3) is 0 Å². The number of hydrogen-bond acceptors (Lipinski definition) is 6. The van der Waals surface area contributed by atoms with Crippen LogP contribution in [0.15, 0.2) is 47.4 Å². The molecule has 1 aromatic rings. The van der Waals surface area contributed by atoms with Crippen molar-refractivity contribution in [2.45, 2.75) is 0 Å². The first kappa shape index (κ1) is 17.1. The van der Waals surface area contributed by atoms with Crippen LogP contribution in [0.2, 0.25) is 0 Å². The summed E-state index contributed by atoms with van der Waals surface area (Å²) in [6.07, 6.45) is 1.52. The van der Waals surface area contributed by atoms with E-state index in [0.29, 0.717) is 17.1 Å². The van der Waals surface area contributed by atoms with E-state index in [0.717, 1.165) is 50.3 Å². The number of Topliss-reactive ketones (excluding diaryl/α,β-unsaturated/α-hetero) is 1. The van der Waals surface area contributed by atoms with Crippen molar-refractivity contribution in [1.82, 2.24) is 14.7 Å². The Labute approximate surface area is 155 Å². The van der Waals surface area contributed by atoms with Crippen LogP contribution in [0.1, 0.15) is 0 Å². The van der Waals surface area contributed by atoms with Crippen molar-refractivity contribution in [3.05, 3.63) is 47.4 Å². The molecular formula is C19H22N3O3P. The first-order valence-electron chi connectivity index (χ1n) is 8.78. The Morgan fingerprint density at radius 1 is 0.923 bits per heavy atom. The maximum absolute atomic E-state index is 12.4. The molecule has 6 nitrogen and oxygen atoms in total. The predicted molar refractivity (Wildman–Crippen MR) is 102 cm³/mol. The molecule has 0 spiro atoms. The second kappa shape index (κ2) is 6.76. The zero-order valence-corrected chi connectivity index (χ0v) is 15.9. The van der Waals surface area contributed by atoms with Gasteiger partial charge in [-0.05, 0) is 17.4 Å². The van der Waals surface area contributed by atoms with Gasteiger partial charge in [-0.15, -0.1) is 9.24 Å². The average molecular weight is 371 g/mol. The molecule has 0 bridgehead atoms. The van der Waals surface area contributed by atoms with Crippen molar-refractivity contribution >= 4 is 26.1 Å². The molecule has 5 rings (SSSR count). The van der Waals surface area contributed by atoms with Gasteiger partial charge in [-0.1, -0.05) is 12.1 Å². The summed E-state index contributed by atoms with van der Waals surface area (Å²) < 4.78 is 4.98. The normalized spacial score (nSPS) is 20.5. The summed E-state index contributed by atoms with van der Waals surface area (Å²) in [6.45, 7) is 5.41. The molecule has 3 fully saturated rings. The number of carbonyl (C=O) groups excluding carboxylic acids is 2. The Morgan fingerprint density at radius 2 is 1.54 bits per heavy atom. The molecular weight excluding hydrogens is 349 g/mol. The maximum atomic E-state index is 12.4. The maximum Gasteiger partial charge on any atom is 0.227 e. The minimum Gasteiger partial charge on any atom is -0.497 e. The van der Waals surface area contributed by atoms with Crippen molar-refractivity contribution < 1.29 is 14.3 Å². The highest BCUT2D eigenvalue weighted by Crippen LogP contribution is 2.33. The molecule has 1 aromatic carbocycles. The van der Waals surface area contributed by atoms with Crippen molar-refractivity contribution in [3.63, 3.8) is 0 Å². The summed E-state index contributed by atoms with van der Waals surface area (Å²) in [5.74, 6) is 0.954. The van der Waals surface area contributed by atoms with E-state index >= 15 is 0 Å². The second-order valence-corrected chi connectivity index (χ2v) is 7.32. The number of benzene rings is 1. The van der Waals surface area contributed by atoms with Crippen LogP contribution in [0.3, 0.4) is 0 Å². The van der Waals surface area contributed by atoms with Gasteiger partial charge < -0.3 is 19.4 Å². The molecule has 136 valence electrons. The van der Waals surface area contributed by atoms with Crippen LogP contribution in [0, 0.1) is 0 Å². The van der Waals surface area contributed by atoms with E-state index in [-0.39, 0.29) is 11.6 Å². The molecule has 0 radical (unpaired) electrons. The standard InChI is InChI=1S/C12H13N3O2.C7H9OP/c16-9-7-8(13-1-2-13)12(17)11(15-5-6-15)10(9)14-3-4-14;1-8-6-3-2-4-7(9)5-6/h7H,1-6H2;2-5H,9H2,1H3. The molecule has 3 saturated heterocycles. The molecule has 4 aliphatic rings. The molecule has 0 N–H and O–H groups in total. The summed E-state index contributed by atoms with van der Waals surface area (Å²) in [4.78, 5) is 30.5. The summed E-state index contributed by atoms with van der Waals surface area (Å²) in [5, 5.41) is 1.15. The third-order valence-electron chi connectivity index (χ3n) is 4.58.